The zero-order chi connectivity index (χ0) is 13.1. The van der Waals surface area contributed by atoms with Crippen LogP contribution in [0, 0.1) is 5.92 Å². The Balaban J connectivity index is 1.55. The van der Waals surface area contributed by atoms with Crippen molar-refractivity contribution < 1.29 is 4.79 Å². The average Bonchev–Trinajstić information content (AvgIpc) is 2.47. The zero-order valence-corrected chi connectivity index (χ0v) is 11.0. The summed E-state index contributed by atoms with van der Waals surface area (Å²) in [7, 11) is 0. The number of carbonyl (C=O) groups is 1. The molecule has 3 aliphatic heterocycles. The third kappa shape index (κ3) is 3.01. The summed E-state index contributed by atoms with van der Waals surface area (Å²) in [5.41, 5.74) is 0.999. The molecule has 4 heterocycles. The summed E-state index contributed by atoms with van der Waals surface area (Å²) in [6.45, 7) is 3.41. The Morgan fingerprint density at radius 3 is 2.68 bits per heavy atom. The fourth-order valence-corrected chi connectivity index (χ4v) is 3.01. The first-order chi connectivity index (χ1) is 9.31. The lowest BCUT2D eigenvalue weighted by atomic mass is 9.84. The zero-order valence-electron chi connectivity index (χ0n) is 11.0. The van der Waals surface area contributed by atoms with E-state index in [1.165, 1.54) is 25.9 Å². The minimum Gasteiger partial charge on any atom is -0.348 e. The van der Waals surface area contributed by atoms with Gasteiger partial charge in [0.25, 0.3) is 0 Å². The number of aromatic nitrogens is 1. The topological polar surface area (TPSA) is 45.2 Å². The minimum absolute atomic E-state index is 0.00978. The summed E-state index contributed by atoms with van der Waals surface area (Å²) >= 11 is 0. The number of pyridine rings is 1. The summed E-state index contributed by atoms with van der Waals surface area (Å²) in [6, 6.07) is 4.10. The van der Waals surface area contributed by atoms with E-state index in [9.17, 15) is 4.79 Å². The lowest BCUT2D eigenvalue weighted by Crippen LogP contribution is -2.57. The van der Waals surface area contributed by atoms with Gasteiger partial charge in [0.2, 0.25) is 5.91 Å². The van der Waals surface area contributed by atoms with Crippen LogP contribution in [0.1, 0.15) is 18.4 Å². The van der Waals surface area contributed by atoms with Gasteiger partial charge in [0.1, 0.15) is 0 Å². The highest BCUT2D eigenvalue weighted by Gasteiger charge is 2.34. The quantitative estimate of drug-likeness (QED) is 0.830. The average molecular weight is 257 g/mol. The van der Waals surface area contributed by atoms with Gasteiger partial charge in [-0.15, -0.1) is 0 Å². The molecule has 0 unspecified atom stereocenters. The Morgan fingerprint density at radius 2 is 2.05 bits per heavy atom. The molecule has 1 aromatic rings. The van der Waals surface area contributed by atoms with Crippen molar-refractivity contribution in [1.82, 2.24) is 15.2 Å². The molecule has 3 saturated heterocycles. The predicted octanol–water partition coefficient (Wildman–Crippen LogP) is 1.31. The molecule has 4 heteroatoms. The van der Waals surface area contributed by atoms with Crippen LogP contribution in [0.25, 0.3) is 6.08 Å². The van der Waals surface area contributed by atoms with Crippen molar-refractivity contribution in [2.24, 2.45) is 5.92 Å². The van der Waals surface area contributed by atoms with Crippen LogP contribution in [0.4, 0.5) is 0 Å². The van der Waals surface area contributed by atoms with Crippen molar-refractivity contribution in [2.45, 2.75) is 18.9 Å². The van der Waals surface area contributed by atoms with Crippen LogP contribution in [0.5, 0.6) is 0 Å². The number of nitrogens with zero attached hydrogens (tertiary/aromatic N) is 2. The van der Waals surface area contributed by atoms with Gasteiger partial charge in [-0.25, -0.2) is 0 Å². The minimum atomic E-state index is 0.00978. The molecular weight excluding hydrogens is 238 g/mol. The van der Waals surface area contributed by atoms with Crippen LogP contribution in [-0.2, 0) is 4.79 Å². The Labute approximate surface area is 113 Å². The van der Waals surface area contributed by atoms with Crippen molar-refractivity contribution in [3.8, 4) is 0 Å². The SMILES string of the molecule is O=C(C=Cc1ccncc1)N[C@H]1CN2CCC1CC2. The monoisotopic (exact) mass is 257 g/mol. The van der Waals surface area contributed by atoms with Gasteiger partial charge in [0, 0.05) is 31.1 Å². The van der Waals surface area contributed by atoms with Gasteiger partial charge in [0.05, 0.1) is 0 Å². The highest BCUT2D eigenvalue weighted by Crippen LogP contribution is 2.27. The van der Waals surface area contributed by atoms with Gasteiger partial charge in [0.15, 0.2) is 0 Å². The second-order valence-corrected chi connectivity index (χ2v) is 5.37. The van der Waals surface area contributed by atoms with Crippen molar-refractivity contribution in [3.63, 3.8) is 0 Å². The second kappa shape index (κ2) is 5.53. The molecule has 0 spiro atoms. The van der Waals surface area contributed by atoms with E-state index >= 15 is 0 Å². The van der Waals surface area contributed by atoms with Gasteiger partial charge in [-0.3, -0.25) is 9.78 Å². The number of nitrogens with one attached hydrogen (secondary N) is 1. The molecule has 4 rings (SSSR count). The van der Waals surface area contributed by atoms with Gasteiger partial charge in [-0.05, 0) is 55.6 Å². The number of amides is 1. The highest BCUT2D eigenvalue weighted by molar-refractivity contribution is 5.91. The Bertz CT molecular complexity index is 464. The van der Waals surface area contributed by atoms with E-state index in [0.717, 1.165) is 12.1 Å². The normalized spacial score (nSPS) is 29.6. The van der Waals surface area contributed by atoms with Crippen LogP contribution < -0.4 is 5.32 Å². The Hall–Kier alpha value is -1.68. The first-order valence-corrected chi connectivity index (χ1v) is 6.92. The molecule has 100 valence electrons. The molecule has 19 heavy (non-hydrogen) atoms. The summed E-state index contributed by atoms with van der Waals surface area (Å²) in [6.07, 6.45) is 9.35. The van der Waals surface area contributed by atoms with Crippen molar-refractivity contribution in [3.05, 3.63) is 36.2 Å². The van der Waals surface area contributed by atoms with Gasteiger partial charge < -0.3 is 10.2 Å². The van der Waals surface area contributed by atoms with E-state index in [1.54, 1.807) is 18.5 Å². The molecule has 1 aromatic heterocycles. The number of piperidine rings is 3. The van der Waals surface area contributed by atoms with Crippen LogP contribution in [0.2, 0.25) is 0 Å². The number of rotatable bonds is 3. The largest absolute Gasteiger partial charge is 0.348 e. The summed E-state index contributed by atoms with van der Waals surface area (Å²) in [4.78, 5) is 18.3. The van der Waals surface area contributed by atoms with Gasteiger partial charge in [-0.1, -0.05) is 0 Å². The first-order valence-electron chi connectivity index (χ1n) is 6.92. The number of hydrogen-bond acceptors (Lipinski definition) is 3. The number of carbonyl (C=O) groups excluding carboxylic acids is 1. The maximum atomic E-state index is 11.9. The maximum Gasteiger partial charge on any atom is 0.244 e. The Morgan fingerprint density at radius 1 is 1.32 bits per heavy atom. The number of hydrogen-bond donors (Lipinski definition) is 1. The summed E-state index contributed by atoms with van der Waals surface area (Å²) in [5.74, 6) is 0.679. The third-order valence-corrected chi connectivity index (χ3v) is 4.12. The fourth-order valence-electron chi connectivity index (χ4n) is 3.01. The molecule has 3 aliphatic rings. The molecule has 1 amide bonds. The lowest BCUT2D eigenvalue weighted by molar-refractivity contribution is -0.118. The van der Waals surface area contributed by atoms with E-state index < -0.39 is 0 Å². The molecule has 3 fully saturated rings. The van der Waals surface area contributed by atoms with Gasteiger partial charge in [-0.2, -0.15) is 0 Å². The standard InChI is InChI=1S/C15H19N3O/c19-15(2-1-12-3-7-16-8-4-12)17-14-11-18-9-5-13(14)6-10-18/h1-4,7-8,13-14H,5-6,9-11H2,(H,17,19)/t14-/m0/s1. The van der Waals surface area contributed by atoms with Crippen molar-refractivity contribution >= 4 is 12.0 Å². The number of fused-ring (bicyclic) bond motifs is 3. The van der Waals surface area contributed by atoms with Crippen molar-refractivity contribution in [2.75, 3.05) is 19.6 Å². The third-order valence-electron chi connectivity index (χ3n) is 4.12. The molecule has 1 N–H and O–H groups in total. The highest BCUT2D eigenvalue weighted by atomic mass is 16.1. The molecule has 0 saturated carbocycles. The molecule has 0 aromatic carbocycles. The summed E-state index contributed by atoms with van der Waals surface area (Å²) in [5, 5.41) is 3.14. The van der Waals surface area contributed by atoms with Crippen molar-refractivity contribution in [1.29, 1.82) is 0 Å². The van der Waals surface area contributed by atoms with E-state index in [0.29, 0.717) is 12.0 Å². The van der Waals surface area contributed by atoms with E-state index in [4.69, 9.17) is 0 Å². The molecule has 4 nitrogen and oxygen atoms in total. The van der Waals surface area contributed by atoms with E-state index in [2.05, 4.69) is 15.2 Å². The fraction of sp³-hybridized carbons (Fsp3) is 0.467. The van der Waals surface area contributed by atoms with Gasteiger partial charge >= 0.3 is 0 Å². The van der Waals surface area contributed by atoms with Crippen LogP contribution >= 0.6 is 0 Å². The smallest absolute Gasteiger partial charge is 0.244 e. The molecular formula is C15H19N3O. The van der Waals surface area contributed by atoms with Crippen LogP contribution in [0.3, 0.4) is 0 Å². The maximum absolute atomic E-state index is 11.9. The molecule has 2 bridgehead atoms. The first kappa shape index (κ1) is 12.4. The van der Waals surface area contributed by atoms with Crippen LogP contribution in [-0.4, -0.2) is 41.5 Å². The molecule has 1 atom stereocenters. The summed E-state index contributed by atoms with van der Waals surface area (Å²) < 4.78 is 0. The predicted molar refractivity (Wildman–Crippen MR) is 74.4 cm³/mol. The molecule has 0 radical (unpaired) electrons. The van der Waals surface area contributed by atoms with E-state index in [-0.39, 0.29) is 5.91 Å². The second-order valence-electron chi connectivity index (χ2n) is 5.37. The molecule has 0 aliphatic carbocycles. The lowest BCUT2D eigenvalue weighted by Gasteiger charge is -2.44. The Kier molecular flexibility index (Phi) is 3.60. The van der Waals surface area contributed by atoms with Crippen LogP contribution in [0.15, 0.2) is 30.6 Å². The van der Waals surface area contributed by atoms with E-state index in [1.807, 2.05) is 18.2 Å².